The van der Waals surface area contributed by atoms with Gasteiger partial charge in [-0.3, -0.25) is 9.59 Å². The van der Waals surface area contributed by atoms with Crippen LogP contribution in [0.5, 0.6) is 0 Å². The van der Waals surface area contributed by atoms with Crippen LogP contribution in [0.3, 0.4) is 0 Å². The molecule has 0 bridgehead atoms. The lowest BCUT2D eigenvalue weighted by Crippen LogP contribution is -2.49. The Labute approximate surface area is 135 Å². The second-order valence-electron chi connectivity index (χ2n) is 6.54. The maximum Gasteiger partial charge on any atom is 0.424 e. The van der Waals surface area contributed by atoms with Crippen molar-refractivity contribution in [3.8, 4) is 0 Å². The number of likely N-dealkylation sites (tertiary alicyclic amines) is 1. The SMILES string of the molecule is CC(C)(C)OC(=O)N1C(=O)CCC(c2ccc(CO)cc2)C1=O. The minimum atomic E-state index is -0.927. The predicted octanol–water partition coefficient (Wildman–Crippen LogP) is 2.35. The van der Waals surface area contributed by atoms with E-state index in [1.54, 1.807) is 45.0 Å². The summed E-state index contributed by atoms with van der Waals surface area (Å²) in [6.45, 7) is 4.94. The van der Waals surface area contributed by atoms with Gasteiger partial charge in [-0.05, 0) is 38.3 Å². The summed E-state index contributed by atoms with van der Waals surface area (Å²) in [5, 5.41) is 9.07. The van der Waals surface area contributed by atoms with Gasteiger partial charge in [-0.25, -0.2) is 4.79 Å². The molecule has 0 aliphatic carbocycles. The second kappa shape index (κ2) is 6.50. The van der Waals surface area contributed by atoms with E-state index in [0.29, 0.717) is 16.9 Å². The number of hydrogen-bond donors (Lipinski definition) is 1. The molecule has 1 aliphatic heterocycles. The molecule has 0 aromatic heterocycles. The van der Waals surface area contributed by atoms with Crippen molar-refractivity contribution in [2.45, 2.75) is 51.7 Å². The van der Waals surface area contributed by atoms with Gasteiger partial charge in [0.2, 0.25) is 11.8 Å². The summed E-state index contributed by atoms with van der Waals surface area (Å²) < 4.78 is 5.15. The molecule has 2 rings (SSSR count). The van der Waals surface area contributed by atoms with Gasteiger partial charge in [-0.2, -0.15) is 4.90 Å². The number of imide groups is 3. The molecule has 1 fully saturated rings. The van der Waals surface area contributed by atoms with Crippen LogP contribution >= 0.6 is 0 Å². The molecule has 3 amide bonds. The molecule has 1 saturated heterocycles. The van der Waals surface area contributed by atoms with Gasteiger partial charge in [-0.15, -0.1) is 0 Å². The number of aliphatic hydroxyl groups is 1. The number of carbonyl (C=O) groups excluding carboxylic acids is 3. The zero-order chi connectivity index (χ0) is 17.2. The Morgan fingerprint density at radius 3 is 2.39 bits per heavy atom. The van der Waals surface area contributed by atoms with Gasteiger partial charge in [0.15, 0.2) is 0 Å². The normalized spacial score (nSPS) is 19.0. The van der Waals surface area contributed by atoms with Crippen LogP contribution < -0.4 is 0 Å². The van der Waals surface area contributed by atoms with Crippen LogP contribution in [0.2, 0.25) is 0 Å². The molecule has 1 atom stereocenters. The van der Waals surface area contributed by atoms with Gasteiger partial charge in [0, 0.05) is 6.42 Å². The first-order valence-electron chi connectivity index (χ1n) is 7.52. The van der Waals surface area contributed by atoms with Crippen molar-refractivity contribution < 1.29 is 24.2 Å². The molecule has 1 aromatic carbocycles. The van der Waals surface area contributed by atoms with E-state index in [0.717, 1.165) is 5.56 Å². The molecule has 124 valence electrons. The van der Waals surface area contributed by atoms with Crippen LogP contribution in [-0.4, -0.2) is 33.5 Å². The summed E-state index contributed by atoms with van der Waals surface area (Å²) in [6.07, 6.45) is -0.462. The van der Waals surface area contributed by atoms with Crippen LogP contribution in [0.25, 0.3) is 0 Å². The minimum Gasteiger partial charge on any atom is -0.443 e. The topological polar surface area (TPSA) is 83.9 Å². The average molecular weight is 319 g/mol. The van der Waals surface area contributed by atoms with Gasteiger partial charge < -0.3 is 9.84 Å². The number of nitrogens with zero attached hydrogens (tertiary/aromatic N) is 1. The van der Waals surface area contributed by atoms with Gasteiger partial charge in [0.05, 0.1) is 12.5 Å². The number of carbonyl (C=O) groups is 3. The van der Waals surface area contributed by atoms with E-state index < -0.39 is 29.4 Å². The Balaban J connectivity index is 2.22. The third-order valence-corrected chi connectivity index (χ3v) is 3.56. The number of amides is 3. The quantitative estimate of drug-likeness (QED) is 0.846. The lowest BCUT2D eigenvalue weighted by atomic mass is 9.89. The summed E-state index contributed by atoms with van der Waals surface area (Å²) in [5.41, 5.74) is 0.665. The zero-order valence-corrected chi connectivity index (χ0v) is 13.5. The number of rotatable bonds is 2. The third-order valence-electron chi connectivity index (χ3n) is 3.56. The van der Waals surface area contributed by atoms with E-state index in [4.69, 9.17) is 9.84 Å². The summed E-state index contributed by atoms with van der Waals surface area (Å²) in [4.78, 5) is 37.3. The van der Waals surface area contributed by atoms with Crippen molar-refractivity contribution in [1.82, 2.24) is 4.90 Å². The fourth-order valence-electron chi connectivity index (χ4n) is 2.45. The first kappa shape index (κ1) is 17.1. The monoisotopic (exact) mass is 319 g/mol. The molecule has 1 aliphatic rings. The molecular weight excluding hydrogens is 298 g/mol. The Kier molecular flexibility index (Phi) is 4.85. The molecular formula is C17H21NO5. The van der Waals surface area contributed by atoms with Gasteiger partial charge in [0.1, 0.15) is 5.60 Å². The summed E-state index contributed by atoms with van der Waals surface area (Å²) >= 11 is 0. The molecule has 1 N–H and O–H groups in total. The lowest BCUT2D eigenvalue weighted by Gasteiger charge is -2.31. The highest BCUT2D eigenvalue weighted by atomic mass is 16.6. The fourth-order valence-corrected chi connectivity index (χ4v) is 2.45. The van der Waals surface area contributed by atoms with Crippen LogP contribution in [0.4, 0.5) is 4.79 Å². The van der Waals surface area contributed by atoms with Gasteiger partial charge in [-0.1, -0.05) is 24.3 Å². The van der Waals surface area contributed by atoms with Crippen LogP contribution in [0, 0.1) is 0 Å². The highest BCUT2D eigenvalue weighted by molar-refractivity contribution is 6.12. The minimum absolute atomic E-state index is 0.0819. The van der Waals surface area contributed by atoms with Crippen molar-refractivity contribution >= 4 is 17.9 Å². The first-order chi connectivity index (χ1) is 10.7. The molecule has 6 nitrogen and oxygen atoms in total. The Hall–Kier alpha value is -2.21. The molecule has 0 spiro atoms. The molecule has 6 heteroatoms. The van der Waals surface area contributed by atoms with E-state index in [1.807, 2.05) is 0 Å². The van der Waals surface area contributed by atoms with E-state index in [2.05, 4.69) is 0 Å². The lowest BCUT2D eigenvalue weighted by molar-refractivity contribution is -0.147. The highest BCUT2D eigenvalue weighted by Gasteiger charge is 2.41. The van der Waals surface area contributed by atoms with E-state index in [-0.39, 0.29) is 13.0 Å². The van der Waals surface area contributed by atoms with E-state index in [9.17, 15) is 14.4 Å². The number of benzene rings is 1. The molecule has 0 radical (unpaired) electrons. The summed E-state index contributed by atoms with van der Waals surface area (Å²) in [6, 6.07) is 6.90. The molecule has 0 saturated carbocycles. The number of hydrogen-bond acceptors (Lipinski definition) is 5. The Bertz CT molecular complexity index is 615. The molecule has 1 heterocycles. The maximum atomic E-state index is 12.6. The molecule has 1 aromatic rings. The standard InChI is InChI=1S/C17H21NO5/c1-17(2,3)23-16(22)18-14(20)9-8-13(15(18)21)12-6-4-11(10-19)5-7-12/h4-7,13,19H,8-10H2,1-3H3. The van der Waals surface area contributed by atoms with Crippen molar-refractivity contribution in [2.24, 2.45) is 0 Å². The largest absolute Gasteiger partial charge is 0.443 e. The summed E-state index contributed by atoms with van der Waals surface area (Å²) in [5.74, 6) is -1.66. The van der Waals surface area contributed by atoms with E-state index >= 15 is 0 Å². The van der Waals surface area contributed by atoms with Gasteiger partial charge >= 0.3 is 6.09 Å². The van der Waals surface area contributed by atoms with E-state index in [1.165, 1.54) is 0 Å². The zero-order valence-electron chi connectivity index (χ0n) is 13.5. The van der Waals surface area contributed by atoms with Crippen LogP contribution in [0.15, 0.2) is 24.3 Å². The number of piperidine rings is 1. The van der Waals surface area contributed by atoms with Crippen molar-refractivity contribution in [3.63, 3.8) is 0 Å². The van der Waals surface area contributed by atoms with Crippen LogP contribution in [0.1, 0.15) is 50.7 Å². The molecule has 1 unspecified atom stereocenters. The maximum absolute atomic E-state index is 12.6. The Morgan fingerprint density at radius 1 is 1.26 bits per heavy atom. The van der Waals surface area contributed by atoms with Crippen molar-refractivity contribution in [2.75, 3.05) is 0 Å². The number of ether oxygens (including phenoxy) is 1. The third kappa shape index (κ3) is 3.96. The summed E-state index contributed by atoms with van der Waals surface area (Å²) in [7, 11) is 0. The molecule has 23 heavy (non-hydrogen) atoms. The Morgan fingerprint density at radius 2 is 1.87 bits per heavy atom. The number of aliphatic hydroxyl groups excluding tert-OH is 1. The average Bonchev–Trinajstić information content (AvgIpc) is 2.46. The van der Waals surface area contributed by atoms with Gasteiger partial charge in [0.25, 0.3) is 0 Å². The highest BCUT2D eigenvalue weighted by Crippen LogP contribution is 2.30. The second-order valence-corrected chi connectivity index (χ2v) is 6.54. The predicted molar refractivity (Wildman–Crippen MR) is 82.4 cm³/mol. The smallest absolute Gasteiger partial charge is 0.424 e. The van der Waals surface area contributed by atoms with Crippen LogP contribution in [-0.2, 0) is 20.9 Å². The van der Waals surface area contributed by atoms with Crippen molar-refractivity contribution in [1.29, 1.82) is 0 Å². The van der Waals surface area contributed by atoms with Crippen molar-refractivity contribution in [3.05, 3.63) is 35.4 Å². The fraction of sp³-hybridized carbons (Fsp3) is 0.471. The first-order valence-corrected chi connectivity index (χ1v) is 7.52.